The minimum absolute atomic E-state index is 0.0415. The van der Waals surface area contributed by atoms with E-state index in [4.69, 9.17) is 14.2 Å². The predicted molar refractivity (Wildman–Crippen MR) is 258 cm³/mol. The van der Waals surface area contributed by atoms with Crippen molar-refractivity contribution >= 4 is 52.1 Å². The van der Waals surface area contributed by atoms with Crippen molar-refractivity contribution in [2.45, 2.75) is 75.9 Å². The number of aryl methyl sites for hydroxylation is 2. The number of nitrogens with one attached hydrogen (secondary N) is 4. The van der Waals surface area contributed by atoms with Crippen LogP contribution in [0.25, 0.3) is 0 Å². The van der Waals surface area contributed by atoms with Crippen molar-refractivity contribution in [1.29, 1.82) is 0 Å². The van der Waals surface area contributed by atoms with Crippen molar-refractivity contribution in [3.8, 4) is 17.2 Å². The van der Waals surface area contributed by atoms with Crippen LogP contribution in [0.5, 0.6) is 17.2 Å². The summed E-state index contributed by atoms with van der Waals surface area (Å²) in [4.78, 5) is 84.1. The number of aromatic hydroxyl groups is 2. The van der Waals surface area contributed by atoms with Crippen molar-refractivity contribution in [3.63, 3.8) is 0 Å². The number of nitrogens with zero attached hydrogens (tertiary/aromatic N) is 3. The number of aliphatic hydroxyl groups excluding tert-OH is 1. The molecule has 4 heterocycles. The number of fused-ring (bicyclic) bond motifs is 3. The van der Waals surface area contributed by atoms with Gasteiger partial charge in [-0.3, -0.25) is 33.8 Å². The van der Waals surface area contributed by atoms with Gasteiger partial charge in [-0.05, 0) is 61.9 Å². The number of amides is 3. The fraction of sp³-hybridized carbons (Fsp3) is 0.288. The molecule has 20 heteroatoms. The van der Waals surface area contributed by atoms with Gasteiger partial charge < -0.3 is 65.0 Å². The van der Waals surface area contributed by atoms with Crippen molar-refractivity contribution in [1.82, 2.24) is 19.4 Å². The summed E-state index contributed by atoms with van der Waals surface area (Å²) in [5.74, 6) is -4.75. The molecule has 20 nitrogen and oxygen atoms in total. The van der Waals surface area contributed by atoms with Gasteiger partial charge in [0.25, 0.3) is 17.7 Å². The molecule has 372 valence electrons. The van der Waals surface area contributed by atoms with E-state index in [0.29, 0.717) is 17.1 Å². The van der Waals surface area contributed by atoms with Gasteiger partial charge in [0, 0.05) is 86.9 Å². The van der Waals surface area contributed by atoms with Crippen LogP contribution in [0.15, 0.2) is 91.4 Å². The topological polar surface area (TPSA) is 282 Å². The second kappa shape index (κ2) is 19.3. The number of Topliss-reactive ketones (excluding diaryl/α,β-unsaturated/α-hetero) is 1. The quantitative estimate of drug-likeness (QED) is 0.0728. The number of phenols is 2. The van der Waals surface area contributed by atoms with E-state index in [1.54, 1.807) is 85.0 Å². The molecular weight excluding hydrogens is 931 g/mol. The molecule has 1 aliphatic heterocycles. The summed E-state index contributed by atoms with van der Waals surface area (Å²) >= 11 is 0. The number of benzene rings is 3. The van der Waals surface area contributed by atoms with Gasteiger partial charge in [-0.15, -0.1) is 0 Å². The number of aliphatic hydroxyl groups is 2. The van der Waals surface area contributed by atoms with Crippen LogP contribution in [0.3, 0.4) is 0 Å². The molecule has 0 radical (unpaired) electrons. The maximum Gasteiger partial charge on any atom is 0.274 e. The Morgan fingerprint density at radius 1 is 0.819 bits per heavy atom. The van der Waals surface area contributed by atoms with Crippen molar-refractivity contribution in [3.05, 3.63) is 147 Å². The van der Waals surface area contributed by atoms with Crippen LogP contribution in [0.1, 0.15) is 113 Å². The van der Waals surface area contributed by atoms with Gasteiger partial charge >= 0.3 is 0 Å². The lowest BCUT2D eigenvalue weighted by molar-refractivity contribution is -0.249. The van der Waals surface area contributed by atoms with E-state index in [0.717, 1.165) is 5.56 Å². The fourth-order valence-corrected chi connectivity index (χ4v) is 9.58. The Kier molecular flexibility index (Phi) is 13.1. The van der Waals surface area contributed by atoms with Crippen LogP contribution in [-0.2, 0) is 41.3 Å². The van der Waals surface area contributed by atoms with Crippen molar-refractivity contribution in [2.75, 3.05) is 23.1 Å². The van der Waals surface area contributed by atoms with Crippen molar-refractivity contribution < 1.29 is 63.4 Å². The van der Waals surface area contributed by atoms with E-state index in [9.17, 15) is 49.2 Å². The van der Waals surface area contributed by atoms with Gasteiger partial charge in [-0.2, -0.15) is 0 Å². The first-order valence-electron chi connectivity index (χ1n) is 22.9. The first kappa shape index (κ1) is 49.0. The number of ether oxygens (including phenoxy) is 3. The monoisotopic (exact) mass is 981 g/mol. The van der Waals surface area contributed by atoms with Crippen LogP contribution in [0, 0.1) is 0 Å². The van der Waals surface area contributed by atoms with Gasteiger partial charge in [0.05, 0.1) is 53.5 Å². The number of phenolic OH excluding ortho intramolecular Hbond substituents is 2. The van der Waals surface area contributed by atoms with Crippen LogP contribution in [-0.4, -0.2) is 107 Å². The average Bonchev–Trinajstić information content (AvgIpc) is 3.92. The number of rotatable bonds is 13. The van der Waals surface area contributed by atoms with E-state index in [2.05, 4.69) is 26.3 Å². The molecule has 1 saturated heterocycles. The predicted octanol–water partition coefficient (Wildman–Crippen LogP) is 4.69. The molecule has 72 heavy (non-hydrogen) atoms. The maximum atomic E-state index is 14.0. The Morgan fingerprint density at radius 3 is 2.08 bits per heavy atom. The highest BCUT2D eigenvalue weighted by atomic mass is 16.7. The Labute approximate surface area is 411 Å². The Hall–Kier alpha value is -8.01. The third-order valence-electron chi connectivity index (χ3n) is 13.4. The molecule has 6 aromatic rings. The molecule has 9 rings (SSSR count). The number of ketones is 3. The summed E-state index contributed by atoms with van der Waals surface area (Å²) in [6.45, 7) is 3.07. The molecule has 3 amide bonds. The lowest BCUT2D eigenvalue weighted by atomic mass is 9.72. The highest BCUT2D eigenvalue weighted by Gasteiger charge is 2.49. The molecule has 2 aliphatic carbocycles. The Morgan fingerprint density at radius 2 is 1.46 bits per heavy atom. The lowest BCUT2D eigenvalue weighted by Crippen LogP contribution is -2.54. The normalized spacial score (nSPS) is 21.2. The molecule has 3 aromatic heterocycles. The fourth-order valence-electron chi connectivity index (χ4n) is 9.58. The van der Waals surface area contributed by atoms with Crippen LogP contribution < -0.4 is 26.0 Å². The summed E-state index contributed by atoms with van der Waals surface area (Å²) in [5, 5.41) is 58.2. The third-order valence-corrected chi connectivity index (χ3v) is 13.4. The summed E-state index contributed by atoms with van der Waals surface area (Å²) in [6.07, 6.45) is -0.377. The zero-order chi connectivity index (χ0) is 51.3. The van der Waals surface area contributed by atoms with E-state index in [-0.39, 0.29) is 58.1 Å². The van der Waals surface area contributed by atoms with Crippen LogP contribution >= 0.6 is 0 Å². The lowest BCUT2D eigenvalue weighted by Gasteiger charge is -2.43. The van der Waals surface area contributed by atoms with E-state index in [1.807, 2.05) is 0 Å². The van der Waals surface area contributed by atoms with Crippen LogP contribution in [0.2, 0.25) is 0 Å². The number of carbonyl (C=O) groups excluding carboxylic acids is 6. The van der Waals surface area contributed by atoms with Gasteiger partial charge in [0.1, 0.15) is 39.9 Å². The zero-order valence-corrected chi connectivity index (χ0v) is 39.7. The van der Waals surface area contributed by atoms with E-state index < -0.39 is 107 Å². The molecule has 0 spiro atoms. The molecule has 0 saturated carbocycles. The molecule has 1 fully saturated rings. The van der Waals surface area contributed by atoms with Crippen LogP contribution in [0.4, 0.5) is 17.1 Å². The zero-order valence-electron chi connectivity index (χ0n) is 39.7. The minimum atomic E-state index is -2.10. The molecule has 8 N–H and O–H groups in total. The maximum absolute atomic E-state index is 14.0. The first-order chi connectivity index (χ1) is 34.3. The number of methoxy groups -OCH3 is 1. The third kappa shape index (κ3) is 9.12. The Bertz CT molecular complexity index is 3180. The first-order valence-corrected chi connectivity index (χ1v) is 22.9. The number of pyridine rings is 1. The van der Waals surface area contributed by atoms with Gasteiger partial charge in [0.15, 0.2) is 17.9 Å². The van der Waals surface area contributed by atoms with Gasteiger partial charge in [-0.25, -0.2) is 0 Å². The second-order valence-corrected chi connectivity index (χ2v) is 18.2. The van der Waals surface area contributed by atoms with Crippen molar-refractivity contribution in [2.24, 2.45) is 14.1 Å². The molecule has 4 unspecified atom stereocenters. The number of hydrogen-bond acceptors (Lipinski definition) is 15. The number of carbonyl (C=O) groups is 6. The summed E-state index contributed by atoms with van der Waals surface area (Å²) in [6, 6.07) is 18.8. The average molecular weight is 982 g/mol. The minimum Gasteiger partial charge on any atom is -0.507 e. The number of hydrogen-bond donors (Lipinski definition) is 8. The molecule has 3 aromatic carbocycles. The molecule has 3 aliphatic rings. The Balaban J connectivity index is 0.844. The highest BCUT2D eigenvalue weighted by Crippen LogP contribution is 2.52. The number of aromatic nitrogens is 3. The SMILES string of the molecule is COc1cccc2c1C(=O)c1c(O)c3c(c(O)c1C2=O)C[C@](O)(C(C)=O)C[C@@H]3OC1CC(NCc2ccc(NC(=O)c3cc(NC(=O)c4cc(NC(=O)c5ccccn5)cn4C)cn3C)cc2)C(O)C(C)O1. The molecule has 6 atom stereocenters. The highest BCUT2D eigenvalue weighted by molar-refractivity contribution is 6.31. The number of anilines is 3. The summed E-state index contributed by atoms with van der Waals surface area (Å²) in [7, 11) is 4.66. The standard InChI is InChI=1S/C52H51N7O13/c1-25-44(61)34(19-39(71-25)72-38-21-52(69,26(2)60)20-32-41(38)48(65)43-42(46(32)63)45(62)31-9-8-11-37(70-5)40(31)47(43)64)54-22-27-12-14-28(15-13-27)55-50(67)35-18-30(24-59(35)4)57-51(68)36-17-29(23-58(36)3)56-49(66)33-10-6-7-16-53-33/h6-18,23-25,34,38-39,44,54,61,63,65,69H,19-22H2,1-5H3,(H,55,67)(H,56,66)(H,57,68)/t25?,34?,38-,39?,44?,52+/m0/s1. The smallest absolute Gasteiger partial charge is 0.274 e. The summed E-state index contributed by atoms with van der Waals surface area (Å²) < 4.78 is 21.0. The largest absolute Gasteiger partial charge is 0.507 e. The summed E-state index contributed by atoms with van der Waals surface area (Å²) in [5.41, 5.74) is -0.601. The van der Waals surface area contributed by atoms with E-state index >= 15 is 0 Å². The van der Waals surface area contributed by atoms with E-state index in [1.165, 1.54) is 50.6 Å². The van der Waals surface area contributed by atoms with Gasteiger partial charge in [0.2, 0.25) is 5.78 Å². The second-order valence-electron chi connectivity index (χ2n) is 18.2. The molecule has 0 bridgehead atoms. The molecular formula is C52H51N7O13. The van der Waals surface area contributed by atoms with Gasteiger partial charge in [-0.1, -0.05) is 30.3 Å².